The Morgan fingerprint density at radius 1 is 1.00 bits per heavy atom. The molecule has 110 valence electrons. The first-order valence-electron chi connectivity index (χ1n) is 6.52. The molecule has 0 aliphatic heterocycles. The maximum atomic E-state index is 10.2. The molecule has 2 N–H and O–H groups in total. The van der Waals surface area contributed by atoms with Crippen molar-refractivity contribution in [2.45, 2.75) is 53.9 Å². The summed E-state index contributed by atoms with van der Waals surface area (Å²) in [6.45, 7) is 9.37. The molecule has 0 saturated carbocycles. The van der Waals surface area contributed by atoms with Gasteiger partial charge in [-0.25, -0.2) is 9.59 Å². The van der Waals surface area contributed by atoms with Crippen LogP contribution >= 0.6 is 0 Å². The predicted molar refractivity (Wildman–Crippen MR) is 77.1 cm³/mol. The van der Waals surface area contributed by atoms with Gasteiger partial charge in [0.05, 0.1) is 0 Å². The van der Waals surface area contributed by atoms with E-state index in [4.69, 9.17) is 10.2 Å². The van der Waals surface area contributed by atoms with Crippen molar-refractivity contribution in [1.29, 1.82) is 0 Å². The van der Waals surface area contributed by atoms with Gasteiger partial charge in [0, 0.05) is 11.1 Å². The third-order valence-corrected chi connectivity index (χ3v) is 2.31. The lowest BCUT2D eigenvalue weighted by molar-refractivity contribution is -0.133. The van der Waals surface area contributed by atoms with Crippen LogP contribution in [0.5, 0.6) is 0 Å². The number of allylic oxidation sites excluding steroid dienone is 2. The van der Waals surface area contributed by atoms with Gasteiger partial charge in [-0.3, -0.25) is 0 Å². The zero-order chi connectivity index (χ0) is 15.4. The summed E-state index contributed by atoms with van der Waals surface area (Å²) in [7, 11) is 0. The van der Waals surface area contributed by atoms with E-state index in [1.807, 2.05) is 6.92 Å². The first-order chi connectivity index (χ1) is 8.72. The average molecular weight is 270 g/mol. The van der Waals surface area contributed by atoms with Gasteiger partial charge in [-0.15, -0.1) is 0 Å². The van der Waals surface area contributed by atoms with Crippen LogP contribution in [-0.2, 0) is 9.59 Å². The molecule has 0 aromatic heterocycles. The number of carboxylic acid groups (broad SMARTS) is 2. The van der Waals surface area contributed by atoms with E-state index in [2.05, 4.69) is 13.8 Å². The Labute approximate surface area is 115 Å². The minimum atomic E-state index is -0.819. The molecule has 4 nitrogen and oxygen atoms in total. The van der Waals surface area contributed by atoms with Crippen LogP contribution in [0.2, 0.25) is 0 Å². The second kappa shape index (κ2) is 11.5. The van der Waals surface area contributed by atoms with Gasteiger partial charge in [-0.1, -0.05) is 39.3 Å². The van der Waals surface area contributed by atoms with Crippen LogP contribution in [0.15, 0.2) is 23.3 Å². The van der Waals surface area contributed by atoms with Gasteiger partial charge in [0.1, 0.15) is 0 Å². The molecule has 0 fully saturated rings. The minimum absolute atomic E-state index is 0.439. The molecule has 0 aliphatic carbocycles. The summed E-state index contributed by atoms with van der Waals surface area (Å²) in [6, 6.07) is 0. The number of rotatable bonds is 6. The highest BCUT2D eigenvalue weighted by Gasteiger charge is 1.98. The van der Waals surface area contributed by atoms with Crippen molar-refractivity contribution in [2.75, 3.05) is 0 Å². The summed E-state index contributed by atoms with van der Waals surface area (Å²) in [5.41, 5.74) is 0.880. The van der Waals surface area contributed by atoms with Crippen LogP contribution in [0, 0.1) is 5.92 Å². The van der Waals surface area contributed by atoms with E-state index in [1.165, 1.54) is 0 Å². The molecule has 19 heavy (non-hydrogen) atoms. The number of hydrogen-bond acceptors (Lipinski definition) is 2. The Morgan fingerprint density at radius 2 is 1.42 bits per heavy atom. The molecular weight excluding hydrogens is 244 g/mol. The fourth-order valence-electron chi connectivity index (χ4n) is 0.948. The highest BCUT2D eigenvalue weighted by Crippen LogP contribution is 2.03. The second-order valence-electron chi connectivity index (χ2n) is 4.80. The van der Waals surface area contributed by atoms with Crippen LogP contribution in [0.25, 0.3) is 0 Å². The minimum Gasteiger partial charge on any atom is -0.478 e. The lowest BCUT2D eigenvalue weighted by Crippen LogP contribution is -1.96. The second-order valence-corrected chi connectivity index (χ2v) is 4.80. The lowest BCUT2D eigenvalue weighted by atomic mass is 10.1. The first-order valence-corrected chi connectivity index (χ1v) is 6.52. The van der Waals surface area contributed by atoms with Gasteiger partial charge < -0.3 is 10.2 Å². The van der Waals surface area contributed by atoms with Crippen LogP contribution in [0.1, 0.15) is 53.9 Å². The quantitative estimate of drug-likeness (QED) is 0.718. The Balaban J connectivity index is 0. The van der Waals surface area contributed by atoms with Crippen molar-refractivity contribution in [3.8, 4) is 0 Å². The fourth-order valence-corrected chi connectivity index (χ4v) is 0.948. The predicted octanol–water partition coefficient (Wildman–Crippen LogP) is 3.88. The Morgan fingerprint density at radius 3 is 1.74 bits per heavy atom. The molecule has 0 amide bonds. The SMILES string of the molecule is CC(=CCC(C)C)C(=O)O.CCCC=C(C)C(=O)O. The zero-order valence-corrected chi connectivity index (χ0v) is 12.6. The maximum Gasteiger partial charge on any atom is 0.330 e. The monoisotopic (exact) mass is 270 g/mol. The van der Waals surface area contributed by atoms with E-state index in [1.54, 1.807) is 26.0 Å². The van der Waals surface area contributed by atoms with E-state index >= 15 is 0 Å². The topological polar surface area (TPSA) is 74.6 Å². The summed E-state index contributed by atoms with van der Waals surface area (Å²) in [4.78, 5) is 20.4. The van der Waals surface area contributed by atoms with Crippen LogP contribution in [0.3, 0.4) is 0 Å². The number of hydrogen-bond donors (Lipinski definition) is 2. The van der Waals surface area contributed by atoms with E-state index < -0.39 is 11.9 Å². The smallest absolute Gasteiger partial charge is 0.330 e. The summed E-state index contributed by atoms with van der Waals surface area (Å²) >= 11 is 0. The van der Waals surface area contributed by atoms with Crippen molar-refractivity contribution in [1.82, 2.24) is 0 Å². The first kappa shape index (κ1) is 19.8. The molecule has 0 rings (SSSR count). The van der Waals surface area contributed by atoms with Gasteiger partial charge >= 0.3 is 11.9 Å². The van der Waals surface area contributed by atoms with Crippen molar-refractivity contribution in [3.05, 3.63) is 23.3 Å². The van der Waals surface area contributed by atoms with Crippen LogP contribution in [0.4, 0.5) is 0 Å². The normalized spacial score (nSPS) is 11.9. The van der Waals surface area contributed by atoms with Crippen LogP contribution < -0.4 is 0 Å². The summed E-state index contributed by atoms with van der Waals surface area (Å²) in [5.74, 6) is -1.10. The molecule has 0 aromatic carbocycles. The molecular formula is C15H26O4. The maximum absolute atomic E-state index is 10.2. The standard InChI is InChI=1S/C8H14O2.C7H12O2/c1-6(2)4-5-7(3)8(9)10;1-3-4-5-6(2)7(8)9/h5-6H,4H2,1-3H3,(H,9,10);5H,3-4H2,1-2H3,(H,8,9). The summed E-state index contributed by atoms with van der Waals surface area (Å²) < 4.78 is 0. The van der Waals surface area contributed by atoms with Crippen LogP contribution in [-0.4, -0.2) is 22.2 Å². The highest BCUT2D eigenvalue weighted by molar-refractivity contribution is 5.86. The Bertz CT molecular complexity index is 338. The van der Waals surface area contributed by atoms with E-state index in [9.17, 15) is 9.59 Å². The van der Waals surface area contributed by atoms with E-state index in [0.717, 1.165) is 19.3 Å². The largest absolute Gasteiger partial charge is 0.478 e. The molecule has 0 aromatic rings. The van der Waals surface area contributed by atoms with Crippen molar-refractivity contribution < 1.29 is 19.8 Å². The van der Waals surface area contributed by atoms with E-state index in [-0.39, 0.29) is 0 Å². The molecule has 0 aliphatic rings. The molecule has 0 saturated heterocycles. The Hall–Kier alpha value is -1.58. The molecule has 0 bridgehead atoms. The number of carbonyl (C=O) groups is 2. The highest BCUT2D eigenvalue weighted by atomic mass is 16.4. The van der Waals surface area contributed by atoms with Crippen molar-refractivity contribution >= 4 is 11.9 Å². The summed E-state index contributed by atoms with van der Waals surface area (Å²) in [6.07, 6.45) is 6.20. The molecule has 0 atom stereocenters. The Kier molecular flexibility index (Phi) is 12.0. The van der Waals surface area contributed by atoms with Gasteiger partial charge in [0.15, 0.2) is 0 Å². The van der Waals surface area contributed by atoms with Crippen molar-refractivity contribution in [3.63, 3.8) is 0 Å². The molecule has 4 heteroatoms. The fraction of sp³-hybridized carbons (Fsp3) is 0.600. The average Bonchev–Trinajstić information content (AvgIpc) is 2.33. The summed E-state index contributed by atoms with van der Waals surface area (Å²) in [5, 5.41) is 16.8. The molecule has 0 unspecified atom stereocenters. The number of unbranched alkanes of at least 4 members (excludes halogenated alkanes) is 1. The van der Waals surface area contributed by atoms with Gasteiger partial charge in [-0.05, 0) is 32.6 Å². The molecule has 0 spiro atoms. The molecule has 0 heterocycles. The lowest BCUT2D eigenvalue weighted by Gasteiger charge is -1.97. The van der Waals surface area contributed by atoms with Gasteiger partial charge in [-0.2, -0.15) is 0 Å². The molecule has 0 radical (unpaired) electrons. The number of carboxylic acids is 2. The zero-order valence-electron chi connectivity index (χ0n) is 12.6. The number of aliphatic carboxylic acids is 2. The van der Waals surface area contributed by atoms with Crippen molar-refractivity contribution in [2.24, 2.45) is 5.92 Å². The van der Waals surface area contributed by atoms with E-state index in [0.29, 0.717) is 17.1 Å². The third kappa shape index (κ3) is 14.4. The third-order valence-electron chi connectivity index (χ3n) is 2.31. The van der Waals surface area contributed by atoms with Gasteiger partial charge in [0.2, 0.25) is 0 Å². The van der Waals surface area contributed by atoms with Gasteiger partial charge in [0.25, 0.3) is 0 Å².